The van der Waals surface area contributed by atoms with Crippen LogP contribution in [0.4, 0.5) is 0 Å². The molecule has 0 saturated heterocycles. The van der Waals surface area contributed by atoms with Gasteiger partial charge in [0.15, 0.2) is 6.10 Å². The van der Waals surface area contributed by atoms with Gasteiger partial charge in [0.05, 0.1) is 0 Å². The van der Waals surface area contributed by atoms with E-state index in [1.54, 1.807) is 0 Å². The summed E-state index contributed by atoms with van der Waals surface area (Å²) in [4.78, 5) is 37.7. The summed E-state index contributed by atoms with van der Waals surface area (Å²) in [6.07, 6.45) is 57.4. The van der Waals surface area contributed by atoms with Crippen molar-refractivity contribution in [1.82, 2.24) is 0 Å². The number of unbranched alkanes of at least 4 members (excludes halogenated alkanes) is 19. The first kappa shape index (κ1) is 54.9. The molecule has 0 aliphatic heterocycles. The van der Waals surface area contributed by atoms with Crippen LogP contribution in [0.1, 0.15) is 220 Å². The predicted molar refractivity (Wildman–Crippen MR) is 247 cm³/mol. The van der Waals surface area contributed by atoms with E-state index in [1.807, 2.05) is 0 Å². The van der Waals surface area contributed by atoms with Crippen LogP contribution in [0.25, 0.3) is 0 Å². The number of carbonyl (C=O) groups is 3. The Hall–Kier alpha value is -3.15. The van der Waals surface area contributed by atoms with Gasteiger partial charge in [-0.25, -0.2) is 0 Å². The average Bonchev–Trinajstić information content (AvgIpc) is 3.22. The summed E-state index contributed by atoms with van der Waals surface area (Å²) < 4.78 is 16.7. The summed E-state index contributed by atoms with van der Waals surface area (Å²) in [7, 11) is 0. The Morgan fingerprint density at radius 2 is 0.655 bits per heavy atom. The largest absolute Gasteiger partial charge is 0.462 e. The van der Waals surface area contributed by atoms with Gasteiger partial charge in [0.2, 0.25) is 0 Å². The van der Waals surface area contributed by atoms with Crippen LogP contribution in [0.15, 0.2) is 72.9 Å². The monoisotopic (exact) mass is 809 g/mol. The highest BCUT2D eigenvalue weighted by molar-refractivity contribution is 5.71. The SMILES string of the molecule is CCCC/C=C\C/C=C\CCCCCCCC(=O)O[C@@H](COC(=O)CCC/C=C\C/C=C\C/C=C\C/C=C\CCCCC)COC(=O)CCCCCCCCCCC. The van der Waals surface area contributed by atoms with Crippen LogP contribution in [-0.4, -0.2) is 37.2 Å². The van der Waals surface area contributed by atoms with E-state index in [0.717, 1.165) is 89.9 Å². The van der Waals surface area contributed by atoms with Gasteiger partial charge in [0, 0.05) is 19.3 Å². The molecule has 0 aromatic heterocycles. The maximum absolute atomic E-state index is 12.7. The van der Waals surface area contributed by atoms with Crippen LogP contribution in [0.5, 0.6) is 0 Å². The van der Waals surface area contributed by atoms with E-state index in [9.17, 15) is 14.4 Å². The van der Waals surface area contributed by atoms with E-state index < -0.39 is 6.10 Å². The third-order valence-corrected chi connectivity index (χ3v) is 9.93. The van der Waals surface area contributed by atoms with Crippen LogP contribution >= 0.6 is 0 Å². The Kier molecular flexibility index (Phi) is 44.0. The molecule has 0 amide bonds. The van der Waals surface area contributed by atoms with Crippen molar-refractivity contribution in [3.05, 3.63) is 72.9 Å². The lowest BCUT2D eigenvalue weighted by Gasteiger charge is -2.18. The van der Waals surface area contributed by atoms with E-state index in [-0.39, 0.29) is 37.5 Å². The highest BCUT2D eigenvalue weighted by atomic mass is 16.6. The molecular weight excluding hydrogens is 721 g/mol. The minimum Gasteiger partial charge on any atom is -0.462 e. The fraction of sp³-hybridized carbons (Fsp3) is 0.712. The second-order valence-corrected chi connectivity index (χ2v) is 15.7. The van der Waals surface area contributed by atoms with Gasteiger partial charge in [0.1, 0.15) is 13.2 Å². The Balaban J connectivity index is 4.47. The van der Waals surface area contributed by atoms with E-state index >= 15 is 0 Å². The fourth-order valence-electron chi connectivity index (χ4n) is 6.27. The first-order valence-corrected chi connectivity index (χ1v) is 23.9. The number of ether oxygens (including phenoxy) is 3. The molecule has 0 fully saturated rings. The number of hydrogen-bond acceptors (Lipinski definition) is 6. The maximum atomic E-state index is 12.7. The minimum atomic E-state index is -0.801. The third kappa shape index (κ3) is 44.0. The third-order valence-electron chi connectivity index (χ3n) is 9.93. The molecule has 0 aliphatic rings. The fourth-order valence-corrected chi connectivity index (χ4v) is 6.27. The van der Waals surface area contributed by atoms with Crippen LogP contribution in [0.3, 0.4) is 0 Å². The molecule has 6 nitrogen and oxygen atoms in total. The van der Waals surface area contributed by atoms with E-state index in [1.165, 1.54) is 83.5 Å². The van der Waals surface area contributed by atoms with Crippen molar-refractivity contribution in [3.63, 3.8) is 0 Å². The first-order chi connectivity index (χ1) is 28.5. The molecule has 0 heterocycles. The number of allylic oxidation sites excluding steroid dienone is 12. The van der Waals surface area contributed by atoms with Crippen LogP contribution in [-0.2, 0) is 28.6 Å². The van der Waals surface area contributed by atoms with Gasteiger partial charge in [0.25, 0.3) is 0 Å². The summed E-state index contributed by atoms with van der Waals surface area (Å²) >= 11 is 0. The Bertz CT molecular complexity index is 1110. The summed E-state index contributed by atoms with van der Waals surface area (Å²) in [5.41, 5.74) is 0. The average molecular weight is 809 g/mol. The van der Waals surface area contributed by atoms with Gasteiger partial charge < -0.3 is 14.2 Å². The van der Waals surface area contributed by atoms with Gasteiger partial charge in [-0.1, -0.05) is 190 Å². The lowest BCUT2D eigenvalue weighted by atomic mass is 10.1. The second kappa shape index (κ2) is 46.5. The molecule has 58 heavy (non-hydrogen) atoms. The zero-order valence-electron chi connectivity index (χ0n) is 37.8. The molecule has 0 bridgehead atoms. The Morgan fingerprint density at radius 3 is 1.12 bits per heavy atom. The maximum Gasteiger partial charge on any atom is 0.306 e. The summed E-state index contributed by atoms with van der Waals surface area (Å²) in [5, 5.41) is 0. The molecule has 0 unspecified atom stereocenters. The number of hydrogen-bond donors (Lipinski definition) is 0. The topological polar surface area (TPSA) is 78.9 Å². The smallest absolute Gasteiger partial charge is 0.306 e. The molecule has 0 rings (SSSR count). The Morgan fingerprint density at radius 1 is 0.345 bits per heavy atom. The van der Waals surface area contributed by atoms with Crippen LogP contribution in [0.2, 0.25) is 0 Å². The lowest BCUT2D eigenvalue weighted by Crippen LogP contribution is -2.30. The molecule has 0 N–H and O–H groups in total. The summed E-state index contributed by atoms with van der Waals surface area (Å²) in [5.74, 6) is -0.977. The van der Waals surface area contributed by atoms with Gasteiger partial charge in [-0.3, -0.25) is 14.4 Å². The molecular formula is C52H88O6. The van der Waals surface area contributed by atoms with E-state index in [0.29, 0.717) is 19.3 Å². The normalized spacial score (nSPS) is 12.7. The second-order valence-electron chi connectivity index (χ2n) is 15.7. The number of rotatable bonds is 42. The molecule has 0 aliphatic carbocycles. The minimum absolute atomic E-state index is 0.0977. The first-order valence-electron chi connectivity index (χ1n) is 23.9. The van der Waals surface area contributed by atoms with Gasteiger partial charge in [-0.15, -0.1) is 0 Å². The Labute approximate surface area is 357 Å². The highest BCUT2D eigenvalue weighted by Crippen LogP contribution is 2.13. The van der Waals surface area contributed by atoms with Crippen LogP contribution < -0.4 is 0 Å². The van der Waals surface area contributed by atoms with Crippen molar-refractivity contribution in [2.45, 2.75) is 226 Å². The highest BCUT2D eigenvalue weighted by Gasteiger charge is 2.19. The zero-order valence-corrected chi connectivity index (χ0v) is 37.8. The molecule has 0 aromatic rings. The van der Waals surface area contributed by atoms with Crippen molar-refractivity contribution < 1.29 is 28.6 Å². The predicted octanol–water partition coefficient (Wildman–Crippen LogP) is 15.5. The number of carbonyl (C=O) groups excluding carboxylic acids is 3. The van der Waals surface area contributed by atoms with Crippen LogP contribution in [0, 0.1) is 0 Å². The van der Waals surface area contributed by atoms with E-state index in [4.69, 9.17) is 14.2 Å². The molecule has 1 atom stereocenters. The summed E-state index contributed by atoms with van der Waals surface area (Å²) in [6, 6.07) is 0. The van der Waals surface area contributed by atoms with Crippen molar-refractivity contribution in [3.8, 4) is 0 Å². The molecule has 332 valence electrons. The standard InChI is InChI=1S/C52H88O6/c1-4-7-10-13-16-19-21-23-25-26-27-29-30-33-36-39-42-45-51(54)57-48-49(47-56-50(53)44-41-38-35-32-18-15-12-9-6-3)58-52(55)46-43-40-37-34-31-28-24-22-20-17-14-11-8-5-2/h14,16-17,19,22-25,27,29,33,36,49H,4-13,15,18,20-21,26,28,30-32,34-35,37-48H2,1-3H3/b17-14-,19-16-,24-22-,25-23-,29-27-,36-33-/t49-/m1/s1. The molecule has 6 heteroatoms. The molecule has 0 aromatic carbocycles. The van der Waals surface area contributed by atoms with Crippen molar-refractivity contribution in [1.29, 1.82) is 0 Å². The van der Waals surface area contributed by atoms with Crippen molar-refractivity contribution >= 4 is 17.9 Å². The molecule has 0 spiro atoms. The van der Waals surface area contributed by atoms with Crippen molar-refractivity contribution in [2.24, 2.45) is 0 Å². The van der Waals surface area contributed by atoms with E-state index in [2.05, 4.69) is 93.7 Å². The van der Waals surface area contributed by atoms with Gasteiger partial charge in [-0.2, -0.15) is 0 Å². The lowest BCUT2D eigenvalue weighted by molar-refractivity contribution is -0.167. The molecule has 0 radical (unpaired) electrons. The zero-order chi connectivity index (χ0) is 42.3. The van der Waals surface area contributed by atoms with Gasteiger partial charge in [-0.05, 0) is 83.5 Å². The quantitative estimate of drug-likeness (QED) is 0.0264. The van der Waals surface area contributed by atoms with Gasteiger partial charge >= 0.3 is 17.9 Å². The molecule has 0 saturated carbocycles. The number of esters is 3. The van der Waals surface area contributed by atoms with Crippen molar-refractivity contribution in [2.75, 3.05) is 13.2 Å². The summed E-state index contributed by atoms with van der Waals surface area (Å²) in [6.45, 7) is 6.47.